The first kappa shape index (κ1) is 15.8. The smallest absolute Gasteiger partial charge is 0.227 e. The molecule has 0 saturated carbocycles. The molecule has 1 aliphatic heterocycles. The number of rotatable bonds is 5. The Labute approximate surface area is 127 Å². The molecule has 0 aliphatic carbocycles. The largest absolute Gasteiger partial charge is 0.491 e. The first-order valence-electron chi connectivity index (χ1n) is 7.79. The number of nitrogens with one attached hydrogen (secondary N) is 1. The van der Waals surface area contributed by atoms with Crippen molar-refractivity contribution in [1.29, 1.82) is 0 Å². The van der Waals surface area contributed by atoms with E-state index in [-0.39, 0.29) is 12.0 Å². The van der Waals surface area contributed by atoms with E-state index in [0.29, 0.717) is 12.5 Å². The minimum atomic E-state index is 0.114. The van der Waals surface area contributed by atoms with Gasteiger partial charge in [-0.2, -0.15) is 0 Å². The van der Waals surface area contributed by atoms with Crippen molar-refractivity contribution in [2.45, 2.75) is 45.3 Å². The van der Waals surface area contributed by atoms with Gasteiger partial charge in [0.15, 0.2) is 0 Å². The van der Waals surface area contributed by atoms with Gasteiger partial charge in [0, 0.05) is 18.7 Å². The van der Waals surface area contributed by atoms with Crippen molar-refractivity contribution in [3.8, 4) is 5.75 Å². The maximum absolute atomic E-state index is 12.5. The summed E-state index contributed by atoms with van der Waals surface area (Å²) < 4.78 is 5.79. The molecular weight excluding hydrogens is 264 g/mol. The van der Waals surface area contributed by atoms with Crippen LogP contribution in [-0.4, -0.2) is 43.1 Å². The Bertz CT molecular complexity index is 468. The van der Waals surface area contributed by atoms with Crippen molar-refractivity contribution >= 4 is 5.91 Å². The second kappa shape index (κ2) is 7.46. The van der Waals surface area contributed by atoms with E-state index >= 15 is 0 Å². The van der Waals surface area contributed by atoms with Gasteiger partial charge in [-0.15, -0.1) is 0 Å². The van der Waals surface area contributed by atoms with Gasteiger partial charge in [-0.3, -0.25) is 4.79 Å². The average molecular weight is 290 g/mol. The van der Waals surface area contributed by atoms with Crippen LogP contribution in [0.5, 0.6) is 5.75 Å². The molecule has 4 nitrogen and oxygen atoms in total. The predicted molar refractivity (Wildman–Crippen MR) is 84.6 cm³/mol. The van der Waals surface area contributed by atoms with Crippen molar-refractivity contribution < 1.29 is 9.53 Å². The Kier molecular flexibility index (Phi) is 5.62. The summed E-state index contributed by atoms with van der Waals surface area (Å²) in [6.07, 6.45) is 2.59. The van der Waals surface area contributed by atoms with E-state index in [1.54, 1.807) is 0 Å². The highest BCUT2D eigenvalue weighted by Gasteiger charge is 2.22. The van der Waals surface area contributed by atoms with Gasteiger partial charge in [-0.1, -0.05) is 18.2 Å². The van der Waals surface area contributed by atoms with Crippen molar-refractivity contribution in [3.63, 3.8) is 0 Å². The molecule has 4 heteroatoms. The Balaban J connectivity index is 2.01. The quantitative estimate of drug-likeness (QED) is 0.904. The summed E-state index contributed by atoms with van der Waals surface area (Å²) in [5.74, 6) is 0.987. The zero-order chi connectivity index (χ0) is 15.2. The number of piperidine rings is 1. The van der Waals surface area contributed by atoms with E-state index in [0.717, 1.165) is 37.2 Å². The number of para-hydroxylation sites is 1. The number of ether oxygens (including phenoxy) is 1. The summed E-state index contributed by atoms with van der Waals surface area (Å²) in [4.78, 5) is 14.4. The summed E-state index contributed by atoms with van der Waals surface area (Å²) in [6.45, 7) is 5.99. The third-order valence-electron chi connectivity index (χ3n) is 3.93. The first-order chi connectivity index (χ1) is 10.1. The van der Waals surface area contributed by atoms with Crippen LogP contribution in [0.2, 0.25) is 0 Å². The fourth-order valence-electron chi connectivity index (χ4n) is 2.70. The minimum Gasteiger partial charge on any atom is -0.491 e. The molecule has 1 aromatic carbocycles. The summed E-state index contributed by atoms with van der Waals surface area (Å²) in [5, 5.41) is 3.33. The number of nitrogens with zero attached hydrogens (tertiary/aromatic N) is 1. The molecule has 0 unspecified atom stereocenters. The minimum absolute atomic E-state index is 0.114. The molecule has 1 aromatic rings. The number of carbonyl (C=O) groups is 1. The topological polar surface area (TPSA) is 41.6 Å². The van der Waals surface area contributed by atoms with Crippen LogP contribution in [-0.2, 0) is 11.2 Å². The number of hydrogen-bond acceptors (Lipinski definition) is 3. The molecule has 1 N–H and O–H groups in total. The molecule has 1 aliphatic rings. The average Bonchev–Trinajstić information content (AvgIpc) is 2.49. The lowest BCUT2D eigenvalue weighted by atomic mass is 10.0. The number of likely N-dealkylation sites (N-methyl/N-ethyl adjacent to an activating group) is 1. The fourth-order valence-corrected chi connectivity index (χ4v) is 2.70. The van der Waals surface area contributed by atoms with Gasteiger partial charge in [0.2, 0.25) is 5.91 Å². The monoisotopic (exact) mass is 290 g/mol. The molecule has 1 amide bonds. The van der Waals surface area contributed by atoms with Gasteiger partial charge in [-0.05, 0) is 45.8 Å². The maximum Gasteiger partial charge on any atom is 0.227 e. The van der Waals surface area contributed by atoms with E-state index in [4.69, 9.17) is 4.74 Å². The van der Waals surface area contributed by atoms with Crippen LogP contribution in [0, 0.1) is 0 Å². The summed E-state index contributed by atoms with van der Waals surface area (Å²) in [7, 11) is 1.92. The van der Waals surface area contributed by atoms with Crippen molar-refractivity contribution in [1.82, 2.24) is 10.2 Å². The molecule has 1 saturated heterocycles. The molecule has 2 rings (SSSR count). The Morgan fingerprint density at radius 1 is 1.33 bits per heavy atom. The Hall–Kier alpha value is -1.55. The van der Waals surface area contributed by atoms with Gasteiger partial charge in [-0.25, -0.2) is 0 Å². The van der Waals surface area contributed by atoms with Crippen LogP contribution in [0.1, 0.15) is 32.3 Å². The molecule has 0 atom stereocenters. The standard InChI is InChI=1S/C17H26N2O2/c1-13(2)21-16-7-5-4-6-14(16)12-17(20)19(3)15-8-10-18-11-9-15/h4-7,13,15,18H,8-12H2,1-3H3. The second-order valence-corrected chi connectivity index (χ2v) is 5.94. The van der Waals surface area contributed by atoms with E-state index in [9.17, 15) is 4.79 Å². The summed E-state index contributed by atoms with van der Waals surface area (Å²) in [5.41, 5.74) is 0.969. The molecular formula is C17H26N2O2. The van der Waals surface area contributed by atoms with Gasteiger partial charge < -0.3 is 15.0 Å². The van der Waals surface area contributed by atoms with Crippen LogP contribution in [0.4, 0.5) is 0 Å². The number of hydrogen-bond donors (Lipinski definition) is 1. The lowest BCUT2D eigenvalue weighted by molar-refractivity contribution is -0.131. The van der Waals surface area contributed by atoms with Crippen LogP contribution in [0.25, 0.3) is 0 Å². The van der Waals surface area contributed by atoms with Crippen LogP contribution in [0.3, 0.4) is 0 Å². The molecule has 21 heavy (non-hydrogen) atoms. The van der Waals surface area contributed by atoms with Crippen LogP contribution in [0.15, 0.2) is 24.3 Å². The molecule has 1 fully saturated rings. The number of carbonyl (C=O) groups excluding carboxylic acids is 1. The highest BCUT2D eigenvalue weighted by Crippen LogP contribution is 2.21. The van der Waals surface area contributed by atoms with Crippen molar-refractivity contribution in [2.24, 2.45) is 0 Å². The van der Waals surface area contributed by atoms with E-state index in [2.05, 4.69) is 5.32 Å². The number of amides is 1. The predicted octanol–water partition coefficient (Wildman–Crippen LogP) is 2.23. The van der Waals surface area contributed by atoms with E-state index in [1.807, 2.05) is 50.1 Å². The normalized spacial score (nSPS) is 16.0. The maximum atomic E-state index is 12.5. The second-order valence-electron chi connectivity index (χ2n) is 5.94. The molecule has 0 spiro atoms. The third-order valence-corrected chi connectivity index (χ3v) is 3.93. The zero-order valence-electron chi connectivity index (χ0n) is 13.3. The SMILES string of the molecule is CC(C)Oc1ccccc1CC(=O)N(C)C1CCNCC1. The lowest BCUT2D eigenvalue weighted by Crippen LogP contribution is -2.44. The first-order valence-corrected chi connectivity index (χ1v) is 7.79. The van der Waals surface area contributed by atoms with Gasteiger partial charge in [0.25, 0.3) is 0 Å². The molecule has 0 radical (unpaired) electrons. The van der Waals surface area contributed by atoms with E-state index < -0.39 is 0 Å². The van der Waals surface area contributed by atoms with Crippen molar-refractivity contribution in [3.05, 3.63) is 29.8 Å². The fraction of sp³-hybridized carbons (Fsp3) is 0.588. The van der Waals surface area contributed by atoms with Crippen LogP contribution < -0.4 is 10.1 Å². The Morgan fingerprint density at radius 3 is 2.67 bits per heavy atom. The van der Waals surface area contributed by atoms with Gasteiger partial charge in [0.1, 0.15) is 5.75 Å². The third kappa shape index (κ3) is 4.46. The van der Waals surface area contributed by atoms with Crippen LogP contribution >= 0.6 is 0 Å². The summed E-state index contributed by atoms with van der Waals surface area (Å²) in [6, 6.07) is 8.18. The number of benzene rings is 1. The highest BCUT2D eigenvalue weighted by atomic mass is 16.5. The van der Waals surface area contributed by atoms with Crippen molar-refractivity contribution in [2.75, 3.05) is 20.1 Å². The molecule has 1 heterocycles. The van der Waals surface area contributed by atoms with Gasteiger partial charge in [0.05, 0.1) is 12.5 Å². The summed E-state index contributed by atoms with van der Waals surface area (Å²) >= 11 is 0. The highest BCUT2D eigenvalue weighted by molar-refractivity contribution is 5.79. The molecule has 116 valence electrons. The van der Waals surface area contributed by atoms with Gasteiger partial charge >= 0.3 is 0 Å². The Morgan fingerprint density at radius 2 is 2.00 bits per heavy atom. The lowest BCUT2D eigenvalue weighted by Gasteiger charge is -2.32. The zero-order valence-corrected chi connectivity index (χ0v) is 13.3. The van der Waals surface area contributed by atoms with E-state index in [1.165, 1.54) is 0 Å². The molecule has 0 aromatic heterocycles. The molecule has 0 bridgehead atoms.